The molecular formula is C20H24ClN3OS. The molecule has 0 saturated carbocycles. The molecule has 0 N–H and O–H groups in total. The number of halogens is 1. The number of benzene rings is 1. The minimum absolute atomic E-state index is 0.0776. The third kappa shape index (κ3) is 4.10. The van der Waals surface area contributed by atoms with Crippen LogP contribution in [0.1, 0.15) is 40.6 Å². The summed E-state index contributed by atoms with van der Waals surface area (Å²) in [5, 5.41) is 0.689. The fourth-order valence-corrected chi connectivity index (χ4v) is 3.90. The predicted octanol–water partition coefficient (Wildman–Crippen LogP) is 5.29. The number of aromatic nitrogens is 2. The Kier molecular flexibility index (Phi) is 5.68. The van der Waals surface area contributed by atoms with Gasteiger partial charge in [0.05, 0.1) is 22.5 Å². The van der Waals surface area contributed by atoms with Gasteiger partial charge in [-0.15, -0.1) is 11.3 Å². The first-order chi connectivity index (χ1) is 12.3. The van der Waals surface area contributed by atoms with Crippen LogP contribution < -0.4 is 0 Å². The first kappa shape index (κ1) is 18.9. The lowest BCUT2D eigenvalue weighted by Crippen LogP contribution is -2.32. The van der Waals surface area contributed by atoms with E-state index in [0.29, 0.717) is 17.5 Å². The maximum Gasteiger partial charge on any atom is 0.264 e. The lowest BCUT2D eigenvalue weighted by molar-refractivity contribution is 0.0735. The molecule has 138 valence electrons. The standard InChI is InChI=1S/C20H24ClN3OS/c1-13(2)9-10-24(20(25)18-8-5-14(3)26-18)12-19-22-16-7-6-15(21)11-17(16)23(19)4/h5-8,11,13H,9-10,12H2,1-4H3. The van der Waals surface area contributed by atoms with Crippen LogP contribution in [0, 0.1) is 12.8 Å². The van der Waals surface area contributed by atoms with E-state index in [9.17, 15) is 4.79 Å². The number of thiophene rings is 1. The van der Waals surface area contributed by atoms with Crippen LogP contribution in [0.3, 0.4) is 0 Å². The van der Waals surface area contributed by atoms with Crippen LogP contribution >= 0.6 is 22.9 Å². The summed E-state index contributed by atoms with van der Waals surface area (Å²) in [6, 6.07) is 9.59. The number of nitrogens with zero attached hydrogens (tertiary/aromatic N) is 3. The number of amides is 1. The highest BCUT2D eigenvalue weighted by atomic mass is 35.5. The van der Waals surface area contributed by atoms with E-state index in [1.165, 1.54) is 0 Å². The number of aryl methyl sites for hydroxylation is 2. The number of fused-ring (bicyclic) bond motifs is 1. The maximum absolute atomic E-state index is 13.0. The monoisotopic (exact) mass is 389 g/mol. The predicted molar refractivity (Wildman–Crippen MR) is 109 cm³/mol. The normalized spacial score (nSPS) is 11.5. The summed E-state index contributed by atoms with van der Waals surface area (Å²) in [7, 11) is 1.97. The Bertz CT molecular complexity index is 928. The Hall–Kier alpha value is -1.85. The summed E-state index contributed by atoms with van der Waals surface area (Å²) < 4.78 is 2.02. The number of hydrogen-bond donors (Lipinski definition) is 0. The fraction of sp³-hybridized carbons (Fsp3) is 0.400. The van der Waals surface area contributed by atoms with E-state index in [4.69, 9.17) is 16.6 Å². The summed E-state index contributed by atoms with van der Waals surface area (Å²) in [6.07, 6.45) is 0.964. The molecule has 0 aliphatic heterocycles. The van der Waals surface area contributed by atoms with Crippen LogP contribution in [0.25, 0.3) is 11.0 Å². The van der Waals surface area contributed by atoms with Gasteiger partial charge in [0.2, 0.25) is 0 Å². The highest BCUT2D eigenvalue weighted by molar-refractivity contribution is 7.13. The van der Waals surface area contributed by atoms with Gasteiger partial charge in [0.25, 0.3) is 5.91 Å². The van der Waals surface area contributed by atoms with E-state index in [1.54, 1.807) is 11.3 Å². The molecule has 1 amide bonds. The van der Waals surface area contributed by atoms with Gasteiger partial charge < -0.3 is 9.47 Å². The summed E-state index contributed by atoms with van der Waals surface area (Å²) in [5.41, 5.74) is 1.88. The summed E-state index contributed by atoms with van der Waals surface area (Å²) >= 11 is 7.66. The molecule has 2 heterocycles. The van der Waals surface area contributed by atoms with E-state index in [1.807, 2.05) is 53.8 Å². The van der Waals surface area contributed by atoms with Crippen LogP contribution in [-0.4, -0.2) is 26.9 Å². The van der Waals surface area contributed by atoms with Gasteiger partial charge >= 0.3 is 0 Å². The van der Waals surface area contributed by atoms with E-state index < -0.39 is 0 Å². The van der Waals surface area contributed by atoms with Crippen LogP contribution in [0.15, 0.2) is 30.3 Å². The second-order valence-corrected chi connectivity index (χ2v) is 8.76. The van der Waals surface area contributed by atoms with Crippen LogP contribution in [0.2, 0.25) is 5.02 Å². The smallest absolute Gasteiger partial charge is 0.264 e. The zero-order valence-electron chi connectivity index (χ0n) is 15.6. The average Bonchev–Trinajstić information content (AvgIpc) is 3.15. The molecule has 0 saturated heterocycles. The van der Waals surface area contributed by atoms with Crippen molar-refractivity contribution >= 4 is 39.9 Å². The molecule has 0 aliphatic rings. The van der Waals surface area contributed by atoms with Crippen LogP contribution in [0.5, 0.6) is 0 Å². The minimum atomic E-state index is 0.0776. The Balaban J connectivity index is 1.90. The average molecular weight is 390 g/mol. The van der Waals surface area contributed by atoms with Crippen LogP contribution in [0.4, 0.5) is 0 Å². The first-order valence-electron chi connectivity index (χ1n) is 8.81. The van der Waals surface area contributed by atoms with Gasteiger partial charge in [-0.25, -0.2) is 4.98 Å². The van der Waals surface area contributed by atoms with Crippen molar-refractivity contribution in [3.63, 3.8) is 0 Å². The van der Waals surface area contributed by atoms with Gasteiger partial charge in [-0.3, -0.25) is 4.79 Å². The van der Waals surface area contributed by atoms with Gasteiger partial charge in [0, 0.05) is 23.5 Å². The molecule has 0 spiro atoms. The van der Waals surface area contributed by atoms with Gasteiger partial charge in [0.15, 0.2) is 0 Å². The summed E-state index contributed by atoms with van der Waals surface area (Å²) in [4.78, 5) is 21.6. The molecule has 6 heteroatoms. The van der Waals surface area contributed by atoms with E-state index in [-0.39, 0.29) is 5.91 Å². The quantitative estimate of drug-likeness (QED) is 0.574. The van der Waals surface area contributed by atoms with Crippen molar-refractivity contribution in [3.8, 4) is 0 Å². The molecule has 0 fully saturated rings. The van der Waals surface area contributed by atoms with Crippen molar-refractivity contribution in [3.05, 3.63) is 50.9 Å². The van der Waals surface area contributed by atoms with Crippen LogP contribution in [-0.2, 0) is 13.6 Å². The third-order valence-electron chi connectivity index (χ3n) is 4.48. The first-order valence-corrected chi connectivity index (χ1v) is 10.0. The molecule has 2 aromatic heterocycles. The zero-order chi connectivity index (χ0) is 18.8. The highest BCUT2D eigenvalue weighted by Gasteiger charge is 2.20. The van der Waals surface area contributed by atoms with E-state index in [2.05, 4.69) is 13.8 Å². The number of hydrogen-bond acceptors (Lipinski definition) is 3. The number of carbonyl (C=O) groups excluding carboxylic acids is 1. The molecule has 4 nitrogen and oxygen atoms in total. The second kappa shape index (κ2) is 7.80. The molecule has 3 aromatic rings. The minimum Gasteiger partial charge on any atom is -0.330 e. The zero-order valence-corrected chi connectivity index (χ0v) is 17.2. The molecule has 26 heavy (non-hydrogen) atoms. The van der Waals surface area contributed by atoms with Crippen molar-refractivity contribution < 1.29 is 4.79 Å². The van der Waals surface area contributed by atoms with Crippen molar-refractivity contribution in [2.24, 2.45) is 13.0 Å². The van der Waals surface area contributed by atoms with Gasteiger partial charge in [-0.05, 0) is 49.6 Å². The van der Waals surface area contributed by atoms with Crippen molar-refractivity contribution in [1.29, 1.82) is 0 Å². The topological polar surface area (TPSA) is 38.1 Å². The van der Waals surface area contributed by atoms with Gasteiger partial charge in [0.1, 0.15) is 5.82 Å². The molecule has 0 unspecified atom stereocenters. The Morgan fingerprint density at radius 3 is 2.73 bits per heavy atom. The number of rotatable bonds is 6. The summed E-state index contributed by atoms with van der Waals surface area (Å²) in [5.74, 6) is 1.48. The Morgan fingerprint density at radius 2 is 2.08 bits per heavy atom. The third-order valence-corrected chi connectivity index (χ3v) is 5.71. The molecule has 1 aromatic carbocycles. The molecule has 0 radical (unpaired) electrons. The number of imidazole rings is 1. The molecule has 0 bridgehead atoms. The maximum atomic E-state index is 13.0. The molecule has 0 atom stereocenters. The number of carbonyl (C=O) groups is 1. The van der Waals surface area contributed by atoms with Gasteiger partial charge in [-0.2, -0.15) is 0 Å². The fourth-order valence-electron chi connectivity index (χ4n) is 2.90. The largest absolute Gasteiger partial charge is 0.330 e. The van der Waals surface area contributed by atoms with Crippen molar-refractivity contribution in [2.75, 3.05) is 6.54 Å². The van der Waals surface area contributed by atoms with Gasteiger partial charge in [-0.1, -0.05) is 25.4 Å². The second-order valence-electron chi connectivity index (χ2n) is 7.04. The summed E-state index contributed by atoms with van der Waals surface area (Å²) in [6.45, 7) is 7.59. The van der Waals surface area contributed by atoms with Crippen molar-refractivity contribution in [1.82, 2.24) is 14.5 Å². The van der Waals surface area contributed by atoms with E-state index >= 15 is 0 Å². The van der Waals surface area contributed by atoms with Crippen molar-refractivity contribution in [2.45, 2.75) is 33.7 Å². The Morgan fingerprint density at radius 1 is 1.31 bits per heavy atom. The lowest BCUT2D eigenvalue weighted by Gasteiger charge is -2.23. The lowest BCUT2D eigenvalue weighted by atomic mass is 10.1. The Labute approximate surface area is 163 Å². The SMILES string of the molecule is Cc1ccc(C(=O)N(CCC(C)C)Cc2nc3ccc(Cl)cc3n2C)s1. The highest BCUT2D eigenvalue weighted by Crippen LogP contribution is 2.23. The molecular weight excluding hydrogens is 366 g/mol. The van der Waals surface area contributed by atoms with E-state index in [0.717, 1.165) is 39.6 Å². The molecule has 3 rings (SSSR count). The molecule has 0 aliphatic carbocycles.